The van der Waals surface area contributed by atoms with E-state index in [2.05, 4.69) is 0 Å². The molecule has 2 aromatic carbocycles. The number of aryl methyl sites for hydroxylation is 2. The Morgan fingerprint density at radius 3 is 2.05 bits per heavy atom. The Kier molecular flexibility index (Phi) is 4.05. The van der Waals surface area contributed by atoms with Crippen molar-refractivity contribution in [3.63, 3.8) is 0 Å². The third-order valence-corrected chi connectivity index (χ3v) is 3.17. The first-order valence-electron chi connectivity index (χ1n) is 6.31. The lowest BCUT2D eigenvalue weighted by atomic mass is 9.94. The van der Waals surface area contributed by atoms with Gasteiger partial charge in [-0.25, -0.2) is 4.39 Å². The van der Waals surface area contributed by atoms with Crippen LogP contribution in [0.25, 0.3) is 0 Å². The average Bonchev–Trinajstić information content (AvgIpc) is 2.35. The fraction of sp³-hybridized carbons (Fsp3) is 0.250. The predicted octanol–water partition coefficient (Wildman–Crippen LogP) is 4.54. The van der Waals surface area contributed by atoms with Crippen LogP contribution < -0.4 is 0 Å². The number of halogens is 4. The van der Waals surface area contributed by atoms with Crippen LogP contribution in [0.5, 0.6) is 0 Å². The molecule has 0 radical (unpaired) electrons. The van der Waals surface area contributed by atoms with Crippen LogP contribution in [0, 0.1) is 19.7 Å². The number of aliphatic hydroxyl groups is 1. The monoisotopic (exact) mass is 298 g/mol. The fourth-order valence-corrected chi connectivity index (χ4v) is 2.37. The topological polar surface area (TPSA) is 20.2 Å². The number of benzene rings is 2. The molecule has 0 heterocycles. The van der Waals surface area contributed by atoms with E-state index in [1.807, 2.05) is 6.07 Å². The van der Waals surface area contributed by atoms with Gasteiger partial charge in [0.2, 0.25) is 0 Å². The van der Waals surface area contributed by atoms with Crippen LogP contribution >= 0.6 is 0 Å². The summed E-state index contributed by atoms with van der Waals surface area (Å²) >= 11 is 0. The normalized spacial score (nSPS) is 13.3. The molecule has 112 valence electrons. The lowest BCUT2D eigenvalue weighted by Gasteiger charge is -2.18. The molecule has 0 bridgehead atoms. The molecule has 2 rings (SSSR count). The van der Waals surface area contributed by atoms with Crippen LogP contribution in [-0.4, -0.2) is 5.11 Å². The SMILES string of the molecule is Cc1cc(C)cc(C(O)c2cc(F)ccc2C(F)(F)F)c1. The minimum Gasteiger partial charge on any atom is -0.384 e. The smallest absolute Gasteiger partial charge is 0.384 e. The molecule has 0 amide bonds. The van der Waals surface area contributed by atoms with E-state index in [1.165, 1.54) is 0 Å². The van der Waals surface area contributed by atoms with Crippen molar-refractivity contribution in [1.29, 1.82) is 0 Å². The van der Waals surface area contributed by atoms with Crippen LogP contribution in [0.1, 0.15) is 33.9 Å². The zero-order chi connectivity index (χ0) is 15.8. The molecule has 2 aromatic rings. The summed E-state index contributed by atoms with van der Waals surface area (Å²) in [4.78, 5) is 0. The third-order valence-electron chi connectivity index (χ3n) is 3.17. The second kappa shape index (κ2) is 5.48. The van der Waals surface area contributed by atoms with Crippen molar-refractivity contribution in [2.24, 2.45) is 0 Å². The highest BCUT2D eigenvalue weighted by molar-refractivity contribution is 5.40. The average molecular weight is 298 g/mol. The summed E-state index contributed by atoms with van der Waals surface area (Å²) in [6.45, 7) is 3.55. The van der Waals surface area contributed by atoms with E-state index in [0.29, 0.717) is 11.6 Å². The first kappa shape index (κ1) is 15.5. The Labute approximate surface area is 119 Å². The van der Waals surface area contributed by atoms with Crippen molar-refractivity contribution < 1.29 is 22.7 Å². The number of hydrogen-bond acceptors (Lipinski definition) is 1. The highest BCUT2D eigenvalue weighted by Gasteiger charge is 2.35. The van der Waals surface area contributed by atoms with Gasteiger partial charge in [0, 0.05) is 5.56 Å². The fourth-order valence-electron chi connectivity index (χ4n) is 2.37. The van der Waals surface area contributed by atoms with Gasteiger partial charge in [-0.15, -0.1) is 0 Å². The Balaban J connectivity index is 2.57. The van der Waals surface area contributed by atoms with Crippen molar-refractivity contribution >= 4 is 0 Å². The van der Waals surface area contributed by atoms with Crippen molar-refractivity contribution in [3.8, 4) is 0 Å². The second-order valence-corrected chi connectivity index (χ2v) is 5.05. The van der Waals surface area contributed by atoms with Gasteiger partial charge in [0.25, 0.3) is 0 Å². The lowest BCUT2D eigenvalue weighted by Crippen LogP contribution is -2.13. The zero-order valence-electron chi connectivity index (χ0n) is 11.5. The Morgan fingerprint density at radius 2 is 1.52 bits per heavy atom. The maximum Gasteiger partial charge on any atom is 0.416 e. The van der Waals surface area contributed by atoms with E-state index in [4.69, 9.17) is 0 Å². The molecule has 0 spiro atoms. The van der Waals surface area contributed by atoms with Crippen LogP contribution in [0.4, 0.5) is 17.6 Å². The molecule has 0 aliphatic heterocycles. The first-order chi connectivity index (χ1) is 9.68. The molecule has 1 N–H and O–H groups in total. The summed E-state index contributed by atoms with van der Waals surface area (Å²) in [5.41, 5.74) is 0.426. The minimum atomic E-state index is -4.65. The summed E-state index contributed by atoms with van der Waals surface area (Å²) in [7, 11) is 0. The van der Waals surface area contributed by atoms with Gasteiger partial charge in [-0.2, -0.15) is 13.2 Å². The quantitative estimate of drug-likeness (QED) is 0.807. The highest BCUT2D eigenvalue weighted by Crippen LogP contribution is 2.37. The second-order valence-electron chi connectivity index (χ2n) is 5.05. The number of alkyl halides is 3. The molecule has 1 unspecified atom stereocenters. The Morgan fingerprint density at radius 1 is 0.952 bits per heavy atom. The van der Waals surface area contributed by atoms with Crippen LogP contribution in [-0.2, 0) is 6.18 Å². The first-order valence-corrected chi connectivity index (χ1v) is 6.31. The summed E-state index contributed by atoms with van der Waals surface area (Å²) in [5.74, 6) is -0.818. The maximum absolute atomic E-state index is 13.3. The zero-order valence-corrected chi connectivity index (χ0v) is 11.5. The highest BCUT2D eigenvalue weighted by atomic mass is 19.4. The van der Waals surface area contributed by atoms with Crippen LogP contribution in [0.3, 0.4) is 0 Å². The molecule has 21 heavy (non-hydrogen) atoms. The van der Waals surface area contributed by atoms with Crippen molar-refractivity contribution in [2.75, 3.05) is 0 Å². The standard InChI is InChI=1S/C16H14F4O/c1-9-5-10(2)7-11(6-9)15(21)13-8-12(17)3-4-14(13)16(18,19)20/h3-8,15,21H,1-2H3. The molecule has 0 saturated heterocycles. The summed E-state index contributed by atoms with van der Waals surface area (Å²) < 4.78 is 52.2. The van der Waals surface area contributed by atoms with Crippen molar-refractivity contribution in [2.45, 2.75) is 26.1 Å². The van der Waals surface area contributed by atoms with Gasteiger partial charge in [-0.05, 0) is 37.6 Å². The van der Waals surface area contributed by atoms with Gasteiger partial charge < -0.3 is 5.11 Å². The van der Waals surface area contributed by atoms with Gasteiger partial charge in [0.15, 0.2) is 0 Å². The molecule has 1 atom stereocenters. The van der Waals surface area contributed by atoms with Gasteiger partial charge in [-0.3, -0.25) is 0 Å². The molecule has 5 heteroatoms. The van der Waals surface area contributed by atoms with Crippen molar-refractivity contribution in [1.82, 2.24) is 0 Å². The minimum absolute atomic E-state index is 0.309. The number of aliphatic hydroxyl groups excluding tert-OH is 1. The molecule has 1 nitrogen and oxygen atoms in total. The summed E-state index contributed by atoms with van der Waals surface area (Å²) in [6, 6.07) is 7.13. The van der Waals surface area contributed by atoms with E-state index in [1.54, 1.807) is 26.0 Å². The van der Waals surface area contributed by atoms with E-state index in [9.17, 15) is 22.7 Å². The summed E-state index contributed by atoms with van der Waals surface area (Å²) in [6.07, 6.45) is -6.18. The van der Waals surface area contributed by atoms with E-state index in [-0.39, 0.29) is 0 Å². The maximum atomic E-state index is 13.3. The number of rotatable bonds is 2. The van der Waals surface area contributed by atoms with E-state index >= 15 is 0 Å². The van der Waals surface area contributed by atoms with Gasteiger partial charge >= 0.3 is 6.18 Å². The Hall–Kier alpha value is -1.88. The van der Waals surface area contributed by atoms with Crippen LogP contribution in [0.2, 0.25) is 0 Å². The summed E-state index contributed by atoms with van der Waals surface area (Å²) in [5, 5.41) is 10.2. The van der Waals surface area contributed by atoms with Crippen molar-refractivity contribution in [3.05, 3.63) is 70.0 Å². The molecule has 0 aliphatic rings. The molecule has 0 aliphatic carbocycles. The van der Waals surface area contributed by atoms with Gasteiger partial charge in [0.05, 0.1) is 5.56 Å². The predicted molar refractivity (Wildman–Crippen MR) is 71.4 cm³/mol. The molecular formula is C16H14F4O. The van der Waals surface area contributed by atoms with Gasteiger partial charge in [-0.1, -0.05) is 29.3 Å². The molecule has 0 fully saturated rings. The molecule has 0 aromatic heterocycles. The third kappa shape index (κ3) is 3.42. The number of hydrogen-bond donors (Lipinski definition) is 1. The van der Waals surface area contributed by atoms with E-state index in [0.717, 1.165) is 23.3 Å². The Bertz CT molecular complexity index is 642. The molecule has 0 saturated carbocycles. The van der Waals surface area contributed by atoms with Gasteiger partial charge in [0.1, 0.15) is 11.9 Å². The van der Waals surface area contributed by atoms with Crippen LogP contribution in [0.15, 0.2) is 36.4 Å². The largest absolute Gasteiger partial charge is 0.416 e. The lowest BCUT2D eigenvalue weighted by molar-refractivity contribution is -0.139. The van der Waals surface area contributed by atoms with E-state index < -0.39 is 29.2 Å². The molecular weight excluding hydrogens is 284 g/mol.